The Kier molecular flexibility index (Phi) is 5.47. The highest BCUT2D eigenvalue weighted by Crippen LogP contribution is 2.31. The number of carbonyl (C=O) groups excluding carboxylic acids is 1. The van der Waals surface area contributed by atoms with Gasteiger partial charge in [0.1, 0.15) is 4.83 Å². The molecule has 0 aliphatic carbocycles. The van der Waals surface area contributed by atoms with Gasteiger partial charge in [0.05, 0.1) is 16.3 Å². The fraction of sp³-hybridized carbons (Fsp3) is 0.100. The van der Waals surface area contributed by atoms with Crippen LogP contribution in [0.3, 0.4) is 0 Å². The molecule has 8 heteroatoms. The van der Waals surface area contributed by atoms with Crippen LogP contribution in [0.5, 0.6) is 0 Å². The number of benzene rings is 2. The average Bonchev–Trinajstić information content (AvgIpc) is 3.22. The predicted octanol–water partition coefficient (Wildman–Crippen LogP) is 6.39. The molecule has 0 unspecified atom stereocenters. The summed E-state index contributed by atoms with van der Waals surface area (Å²) in [6.45, 7) is 2.28. The van der Waals surface area contributed by atoms with Crippen LogP contribution in [0.25, 0.3) is 15.9 Å². The van der Waals surface area contributed by atoms with E-state index < -0.39 is 0 Å². The average molecular weight is 495 g/mol. The molecule has 2 aromatic heterocycles. The fourth-order valence-electron chi connectivity index (χ4n) is 2.84. The topological polar surface area (TPSA) is 46.9 Å². The molecule has 1 N–H and O–H groups in total. The molecule has 28 heavy (non-hydrogen) atoms. The number of fused-ring (bicyclic) bond motifs is 1. The lowest BCUT2D eigenvalue weighted by molar-refractivity contribution is 0.0955. The number of halogens is 3. The van der Waals surface area contributed by atoms with Crippen molar-refractivity contribution in [2.24, 2.45) is 0 Å². The first kappa shape index (κ1) is 19.5. The minimum atomic E-state index is -0.144. The van der Waals surface area contributed by atoms with Gasteiger partial charge >= 0.3 is 0 Å². The summed E-state index contributed by atoms with van der Waals surface area (Å²) in [6, 6.07) is 15.0. The molecule has 0 bridgehead atoms. The third-order valence-corrected chi connectivity index (χ3v) is 6.52. The molecule has 2 heterocycles. The molecule has 4 aromatic rings. The van der Waals surface area contributed by atoms with Crippen molar-refractivity contribution in [1.82, 2.24) is 15.1 Å². The van der Waals surface area contributed by atoms with Crippen molar-refractivity contribution in [1.29, 1.82) is 0 Å². The van der Waals surface area contributed by atoms with Gasteiger partial charge in [-0.3, -0.25) is 4.79 Å². The van der Waals surface area contributed by atoms with Crippen molar-refractivity contribution >= 4 is 66.6 Å². The third kappa shape index (κ3) is 3.82. The van der Waals surface area contributed by atoms with E-state index in [1.54, 1.807) is 12.1 Å². The van der Waals surface area contributed by atoms with Gasteiger partial charge in [0, 0.05) is 26.4 Å². The zero-order valence-electron chi connectivity index (χ0n) is 14.7. The minimum Gasteiger partial charge on any atom is -0.347 e. The Hall–Kier alpha value is -1.86. The molecular formula is C20H14BrCl2N3OS. The number of rotatable bonds is 4. The first-order chi connectivity index (χ1) is 13.4. The lowest BCUT2D eigenvalue weighted by Crippen LogP contribution is -2.21. The van der Waals surface area contributed by atoms with Crippen molar-refractivity contribution in [2.45, 2.75) is 13.5 Å². The van der Waals surface area contributed by atoms with Crippen LogP contribution >= 0.6 is 50.5 Å². The van der Waals surface area contributed by atoms with Crippen LogP contribution in [0.4, 0.5) is 0 Å². The summed E-state index contributed by atoms with van der Waals surface area (Å²) in [5.41, 5.74) is 2.65. The second-order valence-electron chi connectivity index (χ2n) is 6.22. The van der Waals surface area contributed by atoms with Crippen molar-refractivity contribution in [2.75, 3.05) is 0 Å². The molecule has 0 aliphatic rings. The second kappa shape index (κ2) is 7.87. The summed E-state index contributed by atoms with van der Waals surface area (Å²) in [4.78, 5) is 14.2. The minimum absolute atomic E-state index is 0.144. The first-order valence-electron chi connectivity index (χ1n) is 8.39. The van der Waals surface area contributed by atoms with Crippen LogP contribution in [0.2, 0.25) is 10.0 Å². The van der Waals surface area contributed by atoms with Crippen LogP contribution in [0.1, 0.15) is 20.9 Å². The molecule has 0 atom stereocenters. The summed E-state index contributed by atoms with van der Waals surface area (Å²) in [6.07, 6.45) is 0. The Labute approximate surface area is 184 Å². The number of thiophene rings is 1. The summed E-state index contributed by atoms with van der Waals surface area (Å²) in [7, 11) is 0. The van der Waals surface area contributed by atoms with E-state index in [0.717, 1.165) is 31.6 Å². The fourth-order valence-corrected chi connectivity index (χ4v) is 4.68. The standard InChI is InChI=1S/C20H14BrCl2N3OS/c1-11-16-9-18(19(27)24-10-12-2-5-14(22)8-17(12)23)28-20(16)26(25-11)15-6-3-13(21)4-7-15/h2-9H,10H2,1H3,(H,24,27). The van der Waals surface area contributed by atoms with Crippen molar-refractivity contribution in [3.63, 3.8) is 0 Å². The maximum atomic E-state index is 12.7. The molecule has 0 saturated heterocycles. The molecule has 0 radical (unpaired) electrons. The van der Waals surface area contributed by atoms with Gasteiger partial charge in [0.25, 0.3) is 5.91 Å². The van der Waals surface area contributed by atoms with Gasteiger partial charge in [-0.15, -0.1) is 11.3 Å². The van der Waals surface area contributed by atoms with E-state index in [9.17, 15) is 4.79 Å². The number of aromatic nitrogens is 2. The summed E-state index contributed by atoms with van der Waals surface area (Å²) in [5.74, 6) is -0.144. The number of carbonyl (C=O) groups is 1. The number of hydrogen-bond acceptors (Lipinski definition) is 3. The molecule has 4 rings (SSSR count). The zero-order valence-corrected chi connectivity index (χ0v) is 18.6. The van der Waals surface area contributed by atoms with Gasteiger partial charge in [0.15, 0.2) is 0 Å². The second-order valence-corrected chi connectivity index (χ2v) is 9.01. The monoisotopic (exact) mass is 493 g/mol. The van der Waals surface area contributed by atoms with Gasteiger partial charge in [-0.05, 0) is 55.0 Å². The molecule has 0 spiro atoms. The Balaban J connectivity index is 1.60. The van der Waals surface area contributed by atoms with Crippen LogP contribution in [-0.2, 0) is 6.54 Å². The molecule has 0 fully saturated rings. The predicted molar refractivity (Wildman–Crippen MR) is 119 cm³/mol. The maximum Gasteiger partial charge on any atom is 0.261 e. The lowest BCUT2D eigenvalue weighted by Gasteiger charge is -2.06. The van der Waals surface area contributed by atoms with E-state index in [-0.39, 0.29) is 5.91 Å². The number of nitrogens with zero attached hydrogens (tertiary/aromatic N) is 2. The van der Waals surface area contributed by atoms with E-state index in [2.05, 4.69) is 26.3 Å². The molecule has 1 amide bonds. The van der Waals surface area contributed by atoms with E-state index >= 15 is 0 Å². The Morgan fingerprint density at radius 3 is 2.64 bits per heavy atom. The smallest absolute Gasteiger partial charge is 0.261 e. The van der Waals surface area contributed by atoms with Gasteiger partial charge < -0.3 is 5.32 Å². The highest BCUT2D eigenvalue weighted by Gasteiger charge is 2.17. The van der Waals surface area contributed by atoms with Gasteiger partial charge in [-0.25, -0.2) is 4.68 Å². The highest BCUT2D eigenvalue weighted by atomic mass is 79.9. The lowest BCUT2D eigenvalue weighted by atomic mass is 10.2. The van der Waals surface area contributed by atoms with E-state index in [1.165, 1.54) is 11.3 Å². The normalized spacial score (nSPS) is 11.1. The molecule has 142 valence electrons. The molecule has 2 aromatic carbocycles. The van der Waals surface area contributed by atoms with Crippen LogP contribution in [0.15, 0.2) is 53.0 Å². The maximum absolute atomic E-state index is 12.7. The number of aryl methyl sites for hydroxylation is 1. The zero-order chi connectivity index (χ0) is 19.8. The molecular weight excluding hydrogens is 481 g/mol. The van der Waals surface area contributed by atoms with Crippen molar-refractivity contribution < 1.29 is 4.79 Å². The quantitative estimate of drug-likeness (QED) is 0.357. The summed E-state index contributed by atoms with van der Waals surface area (Å²) in [5, 5.41) is 9.61. The number of nitrogens with one attached hydrogen (secondary N) is 1. The van der Waals surface area contributed by atoms with Crippen molar-refractivity contribution in [3.8, 4) is 5.69 Å². The molecule has 4 nitrogen and oxygen atoms in total. The van der Waals surface area contributed by atoms with Crippen LogP contribution < -0.4 is 5.32 Å². The first-order valence-corrected chi connectivity index (χ1v) is 10.8. The van der Waals surface area contributed by atoms with Crippen molar-refractivity contribution in [3.05, 3.63) is 79.2 Å². The van der Waals surface area contributed by atoms with E-state index in [4.69, 9.17) is 23.2 Å². The SMILES string of the molecule is Cc1nn(-c2ccc(Br)cc2)c2sc(C(=O)NCc3ccc(Cl)cc3Cl)cc12. The summed E-state index contributed by atoms with van der Waals surface area (Å²) < 4.78 is 2.87. The Morgan fingerprint density at radius 2 is 1.93 bits per heavy atom. The summed E-state index contributed by atoms with van der Waals surface area (Å²) >= 11 is 17.0. The largest absolute Gasteiger partial charge is 0.347 e. The third-order valence-electron chi connectivity index (χ3n) is 4.29. The highest BCUT2D eigenvalue weighted by molar-refractivity contribution is 9.10. The number of amides is 1. The number of hydrogen-bond donors (Lipinski definition) is 1. The van der Waals surface area contributed by atoms with Gasteiger partial charge in [0.2, 0.25) is 0 Å². The van der Waals surface area contributed by atoms with E-state index in [1.807, 2.05) is 48.0 Å². The van der Waals surface area contributed by atoms with Crippen LogP contribution in [0, 0.1) is 6.92 Å². The van der Waals surface area contributed by atoms with Crippen LogP contribution in [-0.4, -0.2) is 15.7 Å². The van der Waals surface area contributed by atoms with E-state index in [0.29, 0.717) is 21.5 Å². The van der Waals surface area contributed by atoms with Gasteiger partial charge in [-0.2, -0.15) is 5.10 Å². The molecule has 0 aliphatic heterocycles. The Bertz CT molecular complexity index is 1180. The van der Waals surface area contributed by atoms with Gasteiger partial charge in [-0.1, -0.05) is 45.2 Å². The molecule has 0 saturated carbocycles. The Morgan fingerprint density at radius 1 is 1.18 bits per heavy atom.